The van der Waals surface area contributed by atoms with Crippen LogP contribution in [0.1, 0.15) is 61.3 Å². The summed E-state index contributed by atoms with van der Waals surface area (Å²) < 4.78 is 7.33. The highest BCUT2D eigenvalue weighted by molar-refractivity contribution is 6.99. The summed E-state index contributed by atoms with van der Waals surface area (Å²) in [6, 6.07) is 21.9. The van der Waals surface area contributed by atoms with Gasteiger partial charge in [0.2, 0.25) is 0 Å². The van der Waals surface area contributed by atoms with Crippen molar-refractivity contribution in [3.8, 4) is 0 Å². The lowest BCUT2D eigenvalue weighted by Gasteiger charge is -2.45. The van der Waals surface area contributed by atoms with E-state index in [0.29, 0.717) is 0 Å². The van der Waals surface area contributed by atoms with Gasteiger partial charge in [-0.25, -0.2) is 0 Å². The van der Waals surface area contributed by atoms with Crippen LogP contribution in [0.15, 0.2) is 84.0 Å². The van der Waals surface area contributed by atoms with E-state index in [1.165, 1.54) is 21.5 Å². The molecule has 2 rings (SSSR count). The third kappa shape index (κ3) is 6.04. The van der Waals surface area contributed by atoms with Crippen LogP contribution in [0.2, 0.25) is 5.04 Å². The molecule has 0 heterocycles. The second kappa shape index (κ2) is 10.2. The number of rotatable bonds is 8. The maximum absolute atomic E-state index is 7.33. The Balaban J connectivity index is 2.64. The minimum absolute atomic E-state index is 0.00387. The van der Waals surface area contributed by atoms with E-state index in [0.717, 1.165) is 12.8 Å². The molecule has 156 valence electrons. The van der Waals surface area contributed by atoms with E-state index in [9.17, 15) is 0 Å². The number of hydrogen-bond acceptors (Lipinski definition) is 1. The first-order chi connectivity index (χ1) is 13.7. The molecule has 29 heavy (non-hydrogen) atoms. The molecule has 0 aliphatic rings. The van der Waals surface area contributed by atoms with Crippen molar-refractivity contribution < 1.29 is 4.43 Å². The Hall–Kier alpha value is -1.90. The van der Waals surface area contributed by atoms with Gasteiger partial charge in [0.25, 0.3) is 8.32 Å². The van der Waals surface area contributed by atoms with Crippen LogP contribution in [0.25, 0.3) is 0 Å². The number of allylic oxidation sites excluding steroid dienone is 2. The van der Waals surface area contributed by atoms with E-state index in [4.69, 9.17) is 4.43 Å². The molecular weight excluding hydrogens is 368 g/mol. The molecule has 0 fully saturated rings. The van der Waals surface area contributed by atoms with E-state index >= 15 is 0 Å². The Kier molecular flexibility index (Phi) is 8.24. The summed E-state index contributed by atoms with van der Waals surface area (Å²) in [5, 5.41) is 2.69. The number of hydrogen-bond donors (Lipinski definition) is 0. The summed E-state index contributed by atoms with van der Waals surface area (Å²) in [7, 11) is -2.51. The van der Waals surface area contributed by atoms with Crippen molar-refractivity contribution in [2.45, 2.75) is 72.5 Å². The second-order valence-corrected chi connectivity index (χ2v) is 13.7. The zero-order valence-corrected chi connectivity index (χ0v) is 20.3. The molecule has 0 unspecified atom stereocenters. The van der Waals surface area contributed by atoms with Gasteiger partial charge in [0.05, 0.1) is 6.10 Å². The lowest BCUT2D eigenvalue weighted by molar-refractivity contribution is 0.193. The van der Waals surface area contributed by atoms with Gasteiger partial charge in [-0.05, 0) is 55.9 Å². The average molecular weight is 407 g/mol. The smallest absolute Gasteiger partial charge is 0.261 e. The van der Waals surface area contributed by atoms with E-state index in [-0.39, 0.29) is 11.1 Å². The molecule has 0 atom stereocenters. The van der Waals surface area contributed by atoms with Crippen molar-refractivity contribution in [2.24, 2.45) is 0 Å². The van der Waals surface area contributed by atoms with Gasteiger partial charge in [0.1, 0.15) is 0 Å². The normalized spacial score (nSPS) is 12.0. The molecule has 0 aromatic heterocycles. The molecule has 0 N–H and O–H groups in total. The highest BCUT2D eigenvalue weighted by atomic mass is 28.4. The van der Waals surface area contributed by atoms with Crippen molar-refractivity contribution in [3.05, 3.63) is 84.0 Å². The van der Waals surface area contributed by atoms with Crippen LogP contribution >= 0.6 is 0 Å². The van der Waals surface area contributed by atoms with Crippen LogP contribution in [-0.2, 0) is 4.43 Å². The first kappa shape index (κ1) is 23.4. The lowest BCUT2D eigenvalue weighted by Crippen LogP contribution is -2.67. The minimum atomic E-state index is -2.51. The molecule has 0 radical (unpaired) electrons. The van der Waals surface area contributed by atoms with Crippen molar-refractivity contribution in [3.63, 3.8) is 0 Å². The highest BCUT2D eigenvalue weighted by Gasteiger charge is 2.51. The third-order valence-electron chi connectivity index (χ3n) is 5.34. The standard InChI is InChI=1S/C27H38OSi/c1-22(2)18-20-24(21-19-23(3)4)28-29(27(5,6)7,25-14-10-8-11-15-25)26-16-12-9-13-17-26/h8-19,24H,20-21H2,1-7H3. The molecule has 1 nitrogen and oxygen atoms in total. The molecule has 0 aliphatic heterocycles. The van der Waals surface area contributed by atoms with Gasteiger partial charge < -0.3 is 4.43 Å². The summed E-state index contributed by atoms with van der Waals surface area (Å²) in [5.41, 5.74) is 2.69. The van der Waals surface area contributed by atoms with Crippen LogP contribution in [0, 0.1) is 0 Å². The first-order valence-electron chi connectivity index (χ1n) is 10.7. The summed E-state index contributed by atoms with van der Waals surface area (Å²) >= 11 is 0. The predicted octanol–water partition coefficient (Wildman–Crippen LogP) is 6.64. The van der Waals surface area contributed by atoms with Crippen LogP contribution < -0.4 is 10.4 Å². The van der Waals surface area contributed by atoms with Crippen molar-refractivity contribution in [1.82, 2.24) is 0 Å². The molecule has 0 saturated carbocycles. The van der Waals surface area contributed by atoms with Gasteiger partial charge in [-0.1, -0.05) is 105 Å². The van der Waals surface area contributed by atoms with Crippen LogP contribution in [0.5, 0.6) is 0 Å². The average Bonchev–Trinajstić information content (AvgIpc) is 2.67. The zero-order valence-electron chi connectivity index (χ0n) is 19.3. The minimum Gasteiger partial charge on any atom is -0.404 e. The van der Waals surface area contributed by atoms with Gasteiger partial charge in [0.15, 0.2) is 0 Å². The van der Waals surface area contributed by atoms with E-state index in [2.05, 4.69) is 121 Å². The van der Waals surface area contributed by atoms with Crippen molar-refractivity contribution >= 4 is 18.7 Å². The molecular formula is C27H38OSi. The molecule has 2 aromatic carbocycles. The monoisotopic (exact) mass is 406 g/mol. The van der Waals surface area contributed by atoms with Crippen molar-refractivity contribution in [1.29, 1.82) is 0 Å². The molecule has 0 saturated heterocycles. The van der Waals surface area contributed by atoms with E-state index < -0.39 is 8.32 Å². The highest BCUT2D eigenvalue weighted by Crippen LogP contribution is 2.38. The molecule has 2 heteroatoms. The topological polar surface area (TPSA) is 9.23 Å². The van der Waals surface area contributed by atoms with Crippen molar-refractivity contribution in [2.75, 3.05) is 0 Å². The SMILES string of the molecule is CC(C)=CCC(CC=C(C)C)O[Si](c1ccccc1)(c1ccccc1)C(C)(C)C. The van der Waals surface area contributed by atoms with Crippen LogP contribution in [-0.4, -0.2) is 14.4 Å². The molecule has 0 spiro atoms. The fourth-order valence-corrected chi connectivity index (χ4v) is 8.58. The van der Waals surface area contributed by atoms with Crippen LogP contribution in [0.3, 0.4) is 0 Å². The third-order valence-corrected chi connectivity index (χ3v) is 10.4. The molecule has 0 aliphatic carbocycles. The van der Waals surface area contributed by atoms with Gasteiger partial charge in [-0.3, -0.25) is 0 Å². The zero-order chi connectivity index (χ0) is 21.5. The molecule has 0 bridgehead atoms. The lowest BCUT2D eigenvalue weighted by atomic mass is 10.1. The maximum atomic E-state index is 7.33. The maximum Gasteiger partial charge on any atom is 0.261 e. The fourth-order valence-electron chi connectivity index (χ4n) is 3.87. The van der Waals surface area contributed by atoms with E-state index in [1.54, 1.807) is 0 Å². The molecule has 2 aromatic rings. The van der Waals surface area contributed by atoms with Gasteiger partial charge in [-0.15, -0.1) is 0 Å². The predicted molar refractivity (Wildman–Crippen MR) is 131 cm³/mol. The first-order valence-corrected chi connectivity index (χ1v) is 12.6. The van der Waals surface area contributed by atoms with Crippen LogP contribution in [0.4, 0.5) is 0 Å². The summed E-state index contributed by atoms with van der Waals surface area (Å²) in [4.78, 5) is 0. The Morgan fingerprint density at radius 2 is 1.14 bits per heavy atom. The van der Waals surface area contributed by atoms with Gasteiger partial charge in [-0.2, -0.15) is 0 Å². The van der Waals surface area contributed by atoms with Gasteiger partial charge in [0, 0.05) is 0 Å². The summed E-state index contributed by atoms with van der Waals surface area (Å²) in [6.07, 6.45) is 6.68. The fraction of sp³-hybridized carbons (Fsp3) is 0.407. The van der Waals surface area contributed by atoms with E-state index in [1.807, 2.05) is 0 Å². The van der Waals surface area contributed by atoms with Gasteiger partial charge >= 0.3 is 0 Å². The molecule has 0 amide bonds. The Morgan fingerprint density at radius 3 is 1.45 bits per heavy atom. The largest absolute Gasteiger partial charge is 0.404 e. The second-order valence-electron chi connectivity index (χ2n) is 9.44. The summed E-state index contributed by atoms with van der Waals surface area (Å²) in [6.45, 7) is 15.7. The Morgan fingerprint density at radius 1 is 0.759 bits per heavy atom. The number of benzene rings is 2. The quantitative estimate of drug-likeness (QED) is 0.352. The Labute approximate surface area is 179 Å². The Bertz CT molecular complexity index is 745. The summed E-state index contributed by atoms with van der Waals surface area (Å²) in [5.74, 6) is 0.